The number of aromatic nitrogens is 1. The van der Waals surface area contributed by atoms with Gasteiger partial charge in [0, 0.05) is 11.3 Å². The van der Waals surface area contributed by atoms with E-state index in [2.05, 4.69) is 11.1 Å². The monoisotopic (exact) mass is 194 g/mol. The maximum absolute atomic E-state index is 5.43. The number of rotatable bonds is 2. The summed E-state index contributed by atoms with van der Waals surface area (Å²) in [5.74, 6) is 0.861. The molecule has 2 rings (SSSR count). The van der Waals surface area contributed by atoms with Gasteiger partial charge in [0.05, 0.1) is 5.69 Å². The molecule has 0 unspecified atom stereocenters. The van der Waals surface area contributed by atoms with E-state index in [-0.39, 0.29) is 6.01 Å². The van der Waals surface area contributed by atoms with Crippen LogP contribution in [0.2, 0.25) is 0 Å². The van der Waals surface area contributed by atoms with E-state index in [9.17, 15) is 0 Å². The van der Waals surface area contributed by atoms with E-state index in [1.165, 1.54) is 4.88 Å². The zero-order valence-electron chi connectivity index (χ0n) is 7.28. The first-order valence-electron chi connectivity index (χ1n) is 4.00. The zero-order chi connectivity index (χ0) is 9.26. The number of anilines is 1. The maximum atomic E-state index is 5.43. The summed E-state index contributed by atoms with van der Waals surface area (Å²) >= 11 is 1.71. The van der Waals surface area contributed by atoms with Crippen LogP contribution in [0, 0.1) is 6.92 Å². The van der Waals surface area contributed by atoms with Gasteiger partial charge >= 0.3 is 0 Å². The number of aryl methyl sites for hydroxylation is 1. The minimum Gasteiger partial charge on any atom is -0.428 e. The molecule has 0 atom stereocenters. The molecule has 0 spiro atoms. The predicted molar refractivity (Wildman–Crippen MR) is 52.8 cm³/mol. The van der Waals surface area contributed by atoms with E-state index in [1.807, 2.05) is 18.4 Å². The molecule has 0 aliphatic heterocycles. The van der Waals surface area contributed by atoms with Crippen molar-refractivity contribution in [1.29, 1.82) is 0 Å². The normalized spacial score (nSPS) is 10.5. The van der Waals surface area contributed by atoms with Gasteiger partial charge in [-0.25, -0.2) is 0 Å². The minimum absolute atomic E-state index is 0.254. The van der Waals surface area contributed by atoms with Crippen molar-refractivity contribution in [1.82, 2.24) is 4.98 Å². The van der Waals surface area contributed by atoms with E-state index in [4.69, 9.17) is 10.2 Å². The third-order valence-corrected chi connectivity index (χ3v) is 2.70. The average molecular weight is 194 g/mol. The van der Waals surface area contributed by atoms with Gasteiger partial charge in [0.2, 0.25) is 0 Å². The third kappa shape index (κ3) is 1.72. The summed E-state index contributed by atoms with van der Waals surface area (Å²) in [4.78, 5) is 5.27. The van der Waals surface area contributed by atoms with E-state index < -0.39 is 0 Å². The predicted octanol–water partition coefficient (Wildman–Crippen LogP) is 2.22. The van der Waals surface area contributed by atoms with Crippen LogP contribution < -0.4 is 5.73 Å². The molecule has 0 aliphatic rings. The molecule has 4 heteroatoms. The fourth-order valence-electron chi connectivity index (χ4n) is 1.19. The van der Waals surface area contributed by atoms with E-state index in [1.54, 1.807) is 11.3 Å². The number of thiophene rings is 1. The summed E-state index contributed by atoms with van der Waals surface area (Å²) in [7, 11) is 0. The first-order chi connectivity index (χ1) is 6.25. The van der Waals surface area contributed by atoms with Crippen LogP contribution in [0.15, 0.2) is 21.9 Å². The first kappa shape index (κ1) is 8.31. The van der Waals surface area contributed by atoms with E-state index in [0.717, 1.165) is 17.9 Å². The fourth-order valence-corrected chi connectivity index (χ4v) is 1.89. The molecule has 2 N–H and O–H groups in total. The van der Waals surface area contributed by atoms with Crippen LogP contribution in [0.3, 0.4) is 0 Å². The number of nitrogens with zero attached hydrogens (tertiary/aromatic N) is 1. The molecular formula is C9H10N2OS. The Morgan fingerprint density at radius 2 is 2.46 bits per heavy atom. The SMILES string of the molecule is Cc1nc(N)oc1Cc1cccs1. The van der Waals surface area contributed by atoms with Crippen molar-refractivity contribution in [3.05, 3.63) is 33.8 Å². The van der Waals surface area contributed by atoms with Gasteiger partial charge in [-0.05, 0) is 18.4 Å². The standard InChI is InChI=1S/C9H10N2OS/c1-6-8(12-9(10)11-6)5-7-3-2-4-13-7/h2-4H,5H2,1H3,(H2,10,11). The van der Waals surface area contributed by atoms with Gasteiger partial charge in [-0.1, -0.05) is 6.07 Å². The highest BCUT2D eigenvalue weighted by Crippen LogP contribution is 2.19. The molecule has 13 heavy (non-hydrogen) atoms. The molecule has 0 bridgehead atoms. The summed E-state index contributed by atoms with van der Waals surface area (Å²) < 4.78 is 5.26. The molecule has 2 aromatic rings. The van der Waals surface area contributed by atoms with Crippen molar-refractivity contribution in [3.8, 4) is 0 Å². The fraction of sp³-hybridized carbons (Fsp3) is 0.222. The van der Waals surface area contributed by atoms with Gasteiger partial charge in [0.25, 0.3) is 6.01 Å². The molecule has 68 valence electrons. The van der Waals surface area contributed by atoms with Crippen LogP contribution in [-0.4, -0.2) is 4.98 Å². The Kier molecular flexibility index (Phi) is 2.06. The highest BCUT2D eigenvalue weighted by atomic mass is 32.1. The number of hydrogen-bond donors (Lipinski definition) is 1. The Bertz CT molecular complexity index is 392. The molecule has 0 amide bonds. The summed E-state index contributed by atoms with van der Waals surface area (Å²) in [6.45, 7) is 1.91. The first-order valence-corrected chi connectivity index (χ1v) is 4.88. The minimum atomic E-state index is 0.254. The van der Waals surface area contributed by atoms with Gasteiger partial charge < -0.3 is 10.2 Å². The molecule has 0 saturated carbocycles. The Morgan fingerprint density at radius 3 is 3.00 bits per heavy atom. The Morgan fingerprint density at radius 1 is 1.62 bits per heavy atom. The smallest absolute Gasteiger partial charge is 0.292 e. The lowest BCUT2D eigenvalue weighted by molar-refractivity contribution is 0.533. The van der Waals surface area contributed by atoms with Crippen molar-refractivity contribution in [3.63, 3.8) is 0 Å². The Balaban J connectivity index is 2.23. The molecular weight excluding hydrogens is 184 g/mol. The van der Waals surface area contributed by atoms with Crippen molar-refractivity contribution in [2.24, 2.45) is 0 Å². The third-order valence-electron chi connectivity index (χ3n) is 1.82. The second kappa shape index (κ2) is 3.22. The Hall–Kier alpha value is -1.29. The van der Waals surface area contributed by atoms with Gasteiger partial charge in [0.15, 0.2) is 0 Å². The Labute approximate surface area is 80.2 Å². The van der Waals surface area contributed by atoms with Crippen LogP contribution in [-0.2, 0) is 6.42 Å². The van der Waals surface area contributed by atoms with Crippen LogP contribution >= 0.6 is 11.3 Å². The summed E-state index contributed by atoms with van der Waals surface area (Å²) in [6.07, 6.45) is 0.785. The number of oxazole rings is 1. The van der Waals surface area contributed by atoms with Crippen molar-refractivity contribution in [2.75, 3.05) is 5.73 Å². The lowest BCUT2D eigenvalue weighted by atomic mass is 10.2. The van der Waals surface area contributed by atoms with Crippen LogP contribution in [0.25, 0.3) is 0 Å². The van der Waals surface area contributed by atoms with Gasteiger partial charge in [-0.2, -0.15) is 4.98 Å². The number of hydrogen-bond acceptors (Lipinski definition) is 4. The van der Waals surface area contributed by atoms with Crippen LogP contribution in [0.4, 0.5) is 6.01 Å². The molecule has 2 heterocycles. The van der Waals surface area contributed by atoms with E-state index in [0.29, 0.717) is 0 Å². The second-order valence-corrected chi connectivity index (χ2v) is 3.85. The second-order valence-electron chi connectivity index (χ2n) is 2.82. The average Bonchev–Trinajstić information content (AvgIpc) is 2.63. The summed E-state index contributed by atoms with van der Waals surface area (Å²) in [6, 6.07) is 4.35. The number of nitrogens with two attached hydrogens (primary N) is 1. The largest absolute Gasteiger partial charge is 0.428 e. The maximum Gasteiger partial charge on any atom is 0.292 e. The molecule has 0 fully saturated rings. The van der Waals surface area contributed by atoms with Crippen molar-refractivity contribution >= 4 is 17.4 Å². The quantitative estimate of drug-likeness (QED) is 0.797. The topological polar surface area (TPSA) is 52.0 Å². The highest BCUT2D eigenvalue weighted by molar-refractivity contribution is 7.09. The van der Waals surface area contributed by atoms with Crippen molar-refractivity contribution < 1.29 is 4.42 Å². The number of nitrogen functional groups attached to an aromatic ring is 1. The van der Waals surface area contributed by atoms with Gasteiger partial charge in [0.1, 0.15) is 5.76 Å². The lowest BCUT2D eigenvalue weighted by Crippen LogP contribution is -1.84. The van der Waals surface area contributed by atoms with E-state index >= 15 is 0 Å². The lowest BCUT2D eigenvalue weighted by Gasteiger charge is -1.92. The molecule has 2 aromatic heterocycles. The van der Waals surface area contributed by atoms with Crippen LogP contribution in [0.1, 0.15) is 16.3 Å². The molecule has 0 aromatic carbocycles. The molecule has 0 aliphatic carbocycles. The molecule has 0 saturated heterocycles. The zero-order valence-corrected chi connectivity index (χ0v) is 8.10. The molecule has 0 radical (unpaired) electrons. The van der Waals surface area contributed by atoms with Crippen molar-refractivity contribution in [2.45, 2.75) is 13.3 Å². The summed E-state index contributed by atoms with van der Waals surface area (Å²) in [5.41, 5.74) is 6.31. The highest BCUT2D eigenvalue weighted by Gasteiger charge is 2.07. The molecule has 3 nitrogen and oxygen atoms in total. The van der Waals surface area contributed by atoms with Gasteiger partial charge in [-0.3, -0.25) is 0 Å². The van der Waals surface area contributed by atoms with Crippen LogP contribution in [0.5, 0.6) is 0 Å². The summed E-state index contributed by atoms with van der Waals surface area (Å²) in [5, 5.41) is 2.05. The van der Waals surface area contributed by atoms with Gasteiger partial charge in [-0.15, -0.1) is 11.3 Å².